The number of pyridine rings is 1. The third-order valence-corrected chi connectivity index (χ3v) is 3.01. The van der Waals surface area contributed by atoms with Crippen molar-refractivity contribution in [1.29, 1.82) is 0 Å². The van der Waals surface area contributed by atoms with Crippen LogP contribution in [0.2, 0.25) is 5.15 Å². The highest BCUT2D eigenvalue weighted by atomic mass is 35.5. The fourth-order valence-corrected chi connectivity index (χ4v) is 2.05. The fraction of sp³-hybridized carbons (Fsp3) is 0.214. The second-order valence-electron chi connectivity index (χ2n) is 4.21. The van der Waals surface area contributed by atoms with Crippen LogP contribution in [-0.2, 0) is 6.42 Å². The average molecular weight is 277 g/mol. The van der Waals surface area contributed by atoms with E-state index < -0.39 is 4.92 Å². The lowest BCUT2D eigenvalue weighted by Crippen LogP contribution is -1.95. The van der Waals surface area contributed by atoms with Crippen molar-refractivity contribution >= 4 is 17.3 Å². The molecule has 0 fully saturated rings. The van der Waals surface area contributed by atoms with Gasteiger partial charge in [0.1, 0.15) is 10.8 Å². The lowest BCUT2D eigenvalue weighted by molar-refractivity contribution is -0.384. The number of nitrogens with zero attached hydrogens (tertiary/aromatic N) is 2. The lowest BCUT2D eigenvalue weighted by atomic mass is 10.0. The Kier molecular flexibility index (Phi) is 4.12. The second kappa shape index (κ2) is 5.80. The Bertz CT molecular complexity index is 597. The number of halogens is 1. The molecule has 0 saturated heterocycles. The van der Waals surface area contributed by atoms with Crippen LogP contribution in [0.3, 0.4) is 0 Å². The molecule has 1 aromatic heterocycles. The van der Waals surface area contributed by atoms with Gasteiger partial charge in [-0.05, 0) is 18.1 Å². The van der Waals surface area contributed by atoms with Crippen LogP contribution in [0, 0.1) is 10.1 Å². The maximum Gasteiger partial charge on any atom is 0.295 e. The zero-order chi connectivity index (χ0) is 13.8. The van der Waals surface area contributed by atoms with Crippen molar-refractivity contribution in [2.45, 2.75) is 19.8 Å². The highest BCUT2D eigenvalue weighted by molar-refractivity contribution is 6.29. The fourth-order valence-electron chi connectivity index (χ4n) is 1.91. The summed E-state index contributed by atoms with van der Waals surface area (Å²) in [7, 11) is 0. The van der Waals surface area contributed by atoms with E-state index in [9.17, 15) is 10.1 Å². The van der Waals surface area contributed by atoms with E-state index in [1.54, 1.807) is 0 Å². The molecular formula is C14H13ClN2O2. The van der Waals surface area contributed by atoms with Gasteiger partial charge in [-0.3, -0.25) is 10.1 Å². The molecule has 0 aliphatic rings. The minimum Gasteiger partial charge on any atom is -0.258 e. The van der Waals surface area contributed by atoms with Gasteiger partial charge in [0.25, 0.3) is 5.69 Å². The van der Waals surface area contributed by atoms with E-state index in [1.807, 2.05) is 24.3 Å². The topological polar surface area (TPSA) is 56.0 Å². The number of nitro groups is 1. The molecule has 0 aliphatic carbocycles. The number of aromatic nitrogens is 1. The van der Waals surface area contributed by atoms with Crippen molar-refractivity contribution in [3.05, 3.63) is 57.2 Å². The van der Waals surface area contributed by atoms with E-state index in [2.05, 4.69) is 11.9 Å². The van der Waals surface area contributed by atoms with Crippen LogP contribution in [0.15, 0.2) is 36.4 Å². The largest absolute Gasteiger partial charge is 0.295 e. The molecule has 0 unspecified atom stereocenters. The molecule has 0 aliphatic heterocycles. The summed E-state index contributed by atoms with van der Waals surface area (Å²) < 4.78 is 0. The second-order valence-corrected chi connectivity index (χ2v) is 4.59. The highest BCUT2D eigenvalue weighted by Crippen LogP contribution is 2.29. The smallest absolute Gasteiger partial charge is 0.258 e. The summed E-state index contributed by atoms with van der Waals surface area (Å²) in [4.78, 5) is 14.6. The molecule has 0 saturated carbocycles. The summed E-state index contributed by atoms with van der Waals surface area (Å²) in [6.45, 7) is 2.11. The van der Waals surface area contributed by atoms with E-state index in [0.29, 0.717) is 11.3 Å². The quantitative estimate of drug-likeness (QED) is 0.476. The summed E-state index contributed by atoms with van der Waals surface area (Å²) >= 11 is 5.82. The Labute approximate surface area is 116 Å². The Morgan fingerprint density at radius 1 is 1.21 bits per heavy atom. The number of benzene rings is 1. The third kappa shape index (κ3) is 3.09. The SMILES string of the molecule is CCCc1ccc(-c2nc(Cl)ccc2[N+](=O)[O-])cc1. The van der Waals surface area contributed by atoms with E-state index in [4.69, 9.17) is 11.6 Å². The Morgan fingerprint density at radius 3 is 2.47 bits per heavy atom. The van der Waals surface area contributed by atoms with Gasteiger partial charge in [0.2, 0.25) is 0 Å². The van der Waals surface area contributed by atoms with Gasteiger partial charge in [-0.15, -0.1) is 0 Å². The minimum atomic E-state index is -0.446. The van der Waals surface area contributed by atoms with Crippen LogP contribution in [0.5, 0.6) is 0 Å². The third-order valence-electron chi connectivity index (χ3n) is 2.80. The van der Waals surface area contributed by atoms with Crippen molar-refractivity contribution in [3.63, 3.8) is 0 Å². The molecule has 98 valence electrons. The van der Waals surface area contributed by atoms with E-state index in [0.717, 1.165) is 12.8 Å². The first kappa shape index (κ1) is 13.5. The maximum absolute atomic E-state index is 11.0. The maximum atomic E-state index is 11.0. The molecule has 0 spiro atoms. The lowest BCUT2D eigenvalue weighted by Gasteiger charge is -2.04. The van der Waals surface area contributed by atoms with Crippen molar-refractivity contribution in [2.24, 2.45) is 0 Å². The van der Waals surface area contributed by atoms with Crippen molar-refractivity contribution in [1.82, 2.24) is 4.98 Å². The monoisotopic (exact) mass is 276 g/mol. The molecule has 0 N–H and O–H groups in total. The number of rotatable bonds is 4. The van der Waals surface area contributed by atoms with Gasteiger partial charge < -0.3 is 0 Å². The summed E-state index contributed by atoms with van der Waals surface area (Å²) in [5, 5.41) is 11.2. The van der Waals surface area contributed by atoms with Crippen LogP contribution in [0.25, 0.3) is 11.3 Å². The Balaban J connectivity index is 2.45. The van der Waals surface area contributed by atoms with Gasteiger partial charge >= 0.3 is 0 Å². The molecule has 0 atom stereocenters. The molecule has 2 aromatic rings. The zero-order valence-electron chi connectivity index (χ0n) is 10.5. The summed E-state index contributed by atoms with van der Waals surface area (Å²) in [5.74, 6) is 0. The van der Waals surface area contributed by atoms with Crippen LogP contribution < -0.4 is 0 Å². The normalized spacial score (nSPS) is 10.4. The van der Waals surface area contributed by atoms with Gasteiger partial charge in [0.05, 0.1) is 4.92 Å². The predicted octanol–water partition coefficient (Wildman–Crippen LogP) is 4.26. The minimum absolute atomic E-state index is 0.0346. The van der Waals surface area contributed by atoms with Crippen LogP contribution in [-0.4, -0.2) is 9.91 Å². The average Bonchev–Trinajstić information content (AvgIpc) is 2.39. The molecule has 1 heterocycles. The Hall–Kier alpha value is -1.94. The van der Waals surface area contributed by atoms with Gasteiger partial charge in [-0.1, -0.05) is 49.2 Å². The number of hydrogen-bond donors (Lipinski definition) is 0. The molecule has 2 rings (SSSR count). The molecular weight excluding hydrogens is 264 g/mol. The number of hydrogen-bond acceptors (Lipinski definition) is 3. The predicted molar refractivity (Wildman–Crippen MR) is 75.3 cm³/mol. The summed E-state index contributed by atoms with van der Waals surface area (Å²) in [6, 6.07) is 10.4. The summed E-state index contributed by atoms with van der Waals surface area (Å²) in [6.07, 6.45) is 2.06. The van der Waals surface area contributed by atoms with Gasteiger partial charge in [0.15, 0.2) is 0 Å². The summed E-state index contributed by atoms with van der Waals surface area (Å²) in [5.41, 5.74) is 2.18. The van der Waals surface area contributed by atoms with Crippen LogP contribution >= 0.6 is 11.6 Å². The first-order chi connectivity index (χ1) is 9.11. The molecule has 0 bridgehead atoms. The molecule has 19 heavy (non-hydrogen) atoms. The van der Waals surface area contributed by atoms with E-state index in [1.165, 1.54) is 17.7 Å². The zero-order valence-corrected chi connectivity index (χ0v) is 11.2. The van der Waals surface area contributed by atoms with Crippen LogP contribution in [0.4, 0.5) is 5.69 Å². The van der Waals surface area contributed by atoms with Crippen molar-refractivity contribution in [3.8, 4) is 11.3 Å². The molecule has 4 nitrogen and oxygen atoms in total. The van der Waals surface area contributed by atoms with Gasteiger partial charge in [-0.2, -0.15) is 0 Å². The Morgan fingerprint density at radius 2 is 1.89 bits per heavy atom. The first-order valence-electron chi connectivity index (χ1n) is 6.02. The van der Waals surface area contributed by atoms with Crippen molar-refractivity contribution < 1.29 is 4.92 Å². The molecule has 1 aromatic carbocycles. The van der Waals surface area contributed by atoms with Crippen LogP contribution in [0.1, 0.15) is 18.9 Å². The van der Waals surface area contributed by atoms with E-state index >= 15 is 0 Å². The number of aryl methyl sites for hydroxylation is 1. The van der Waals surface area contributed by atoms with Gasteiger partial charge in [-0.25, -0.2) is 4.98 Å². The van der Waals surface area contributed by atoms with Crippen molar-refractivity contribution in [2.75, 3.05) is 0 Å². The van der Waals surface area contributed by atoms with E-state index in [-0.39, 0.29) is 10.8 Å². The first-order valence-corrected chi connectivity index (χ1v) is 6.40. The molecule has 0 radical (unpaired) electrons. The van der Waals surface area contributed by atoms with Gasteiger partial charge in [0, 0.05) is 11.6 Å². The molecule has 5 heteroatoms. The standard InChI is InChI=1S/C14H13ClN2O2/c1-2-3-10-4-6-11(7-5-10)14-12(17(18)19)8-9-13(15)16-14/h4-9H,2-3H2,1H3. The molecule has 0 amide bonds. The highest BCUT2D eigenvalue weighted by Gasteiger charge is 2.17.